The molecule has 1 fully saturated rings. The van der Waals surface area contributed by atoms with Crippen LogP contribution in [0.4, 0.5) is 5.69 Å². The summed E-state index contributed by atoms with van der Waals surface area (Å²) < 4.78 is 10.9. The summed E-state index contributed by atoms with van der Waals surface area (Å²) in [4.78, 5) is 5.00. The minimum Gasteiger partial charge on any atom is -0.454 e. The Hall–Kier alpha value is -2.99. The number of para-hydroxylation sites is 1. The van der Waals surface area contributed by atoms with Crippen molar-refractivity contribution in [2.75, 3.05) is 37.9 Å². The van der Waals surface area contributed by atoms with E-state index in [4.69, 9.17) is 9.47 Å². The van der Waals surface area contributed by atoms with Crippen molar-refractivity contribution in [2.24, 2.45) is 0 Å². The number of hydrogen-bond acceptors (Lipinski definition) is 5. The lowest BCUT2D eigenvalue weighted by Gasteiger charge is -2.23. The van der Waals surface area contributed by atoms with E-state index in [0.717, 1.165) is 61.9 Å². The molecule has 0 saturated carbocycles. The van der Waals surface area contributed by atoms with Crippen LogP contribution in [-0.2, 0) is 6.54 Å². The van der Waals surface area contributed by atoms with Gasteiger partial charge in [0.15, 0.2) is 11.5 Å². The van der Waals surface area contributed by atoms with Crippen LogP contribution in [0.3, 0.4) is 0 Å². The van der Waals surface area contributed by atoms with E-state index in [1.165, 1.54) is 11.3 Å². The molecule has 3 aromatic rings. The molecule has 0 bridgehead atoms. The fourth-order valence-corrected chi connectivity index (χ4v) is 4.00. The van der Waals surface area contributed by atoms with Gasteiger partial charge in [0.25, 0.3) is 0 Å². The van der Waals surface area contributed by atoms with Crippen LogP contribution in [0.2, 0.25) is 0 Å². The summed E-state index contributed by atoms with van der Waals surface area (Å²) in [7, 11) is 0. The van der Waals surface area contributed by atoms with Crippen LogP contribution >= 0.6 is 0 Å². The van der Waals surface area contributed by atoms with Crippen molar-refractivity contribution in [2.45, 2.75) is 13.0 Å². The number of aromatic amines is 1. The molecule has 144 valence electrons. The topological polar surface area (TPSA) is 53.6 Å². The van der Waals surface area contributed by atoms with Gasteiger partial charge in [0.05, 0.1) is 11.9 Å². The van der Waals surface area contributed by atoms with E-state index < -0.39 is 0 Å². The number of benzene rings is 2. The quantitative estimate of drug-likeness (QED) is 0.755. The van der Waals surface area contributed by atoms with E-state index in [0.29, 0.717) is 6.79 Å². The molecule has 2 aliphatic heterocycles. The second kappa shape index (κ2) is 7.56. The van der Waals surface area contributed by atoms with Crippen molar-refractivity contribution < 1.29 is 9.47 Å². The number of aromatic nitrogens is 2. The van der Waals surface area contributed by atoms with Crippen molar-refractivity contribution in [3.05, 3.63) is 60.3 Å². The number of fused-ring (bicyclic) bond motifs is 1. The Labute approximate surface area is 164 Å². The van der Waals surface area contributed by atoms with Crippen LogP contribution in [0.15, 0.2) is 54.7 Å². The third kappa shape index (κ3) is 3.43. The van der Waals surface area contributed by atoms with Gasteiger partial charge in [0.2, 0.25) is 6.79 Å². The van der Waals surface area contributed by atoms with Crippen LogP contribution in [0.1, 0.15) is 12.0 Å². The molecule has 0 amide bonds. The third-order valence-electron chi connectivity index (χ3n) is 5.48. The van der Waals surface area contributed by atoms with Gasteiger partial charge in [-0.1, -0.05) is 18.2 Å². The van der Waals surface area contributed by atoms with Crippen molar-refractivity contribution in [3.63, 3.8) is 0 Å². The predicted molar refractivity (Wildman–Crippen MR) is 109 cm³/mol. The standard InChI is InChI=1S/C22H24N4O2/c1-2-5-19(6-3-1)26-10-4-9-25(11-12-26)15-18-14-23-24-22(18)17-7-8-20-21(13-17)28-16-27-20/h1-3,5-8,13-14H,4,9-12,15-16H2,(H,23,24). The van der Waals surface area contributed by atoms with E-state index in [9.17, 15) is 0 Å². The highest BCUT2D eigenvalue weighted by molar-refractivity contribution is 5.67. The number of anilines is 1. The van der Waals surface area contributed by atoms with Gasteiger partial charge in [-0.3, -0.25) is 10.00 Å². The summed E-state index contributed by atoms with van der Waals surface area (Å²) in [6, 6.07) is 16.7. The van der Waals surface area contributed by atoms with Crippen LogP contribution < -0.4 is 14.4 Å². The molecular formula is C22H24N4O2. The Morgan fingerprint density at radius 3 is 2.75 bits per heavy atom. The molecule has 3 heterocycles. The molecule has 1 N–H and O–H groups in total. The van der Waals surface area contributed by atoms with Crippen LogP contribution in [-0.4, -0.2) is 48.1 Å². The first-order valence-corrected chi connectivity index (χ1v) is 9.81. The largest absolute Gasteiger partial charge is 0.454 e. The zero-order chi connectivity index (χ0) is 18.8. The molecule has 6 nitrogen and oxygen atoms in total. The van der Waals surface area contributed by atoms with E-state index in [1.807, 2.05) is 18.3 Å². The Balaban J connectivity index is 1.29. The lowest BCUT2D eigenvalue weighted by Crippen LogP contribution is -2.30. The Bertz CT molecular complexity index is 941. The maximum atomic E-state index is 5.52. The summed E-state index contributed by atoms with van der Waals surface area (Å²) in [6.45, 7) is 5.46. The highest BCUT2D eigenvalue weighted by Crippen LogP contribution is 2.36. The molecule has 1 aromatic heterocycles. The summed E-state index contributed by atoms with van der Waals surface area (Å²) >= 11 is 0. The second-order valence-corrected chi connectivity index (χ2v) is 7.29. The van der Waals surface area contributed by atoms with Gasteiger partial charge in [-0.15, -0.1) is 0 Å². The number of ether oxygens (including phenoxy) is 2. The Kier molecular flexibility index (Phi) is 4.62. The highest BCUT2D eigenvalue weighted by atomic mass is 16.7. The molecule has 0 aliphatic carbocycles. The molecular weight excluding hydrogens is 352 g/mol. The van der Waals surface area contributed by atoms with E-state index >= 15 is 0 Å². The highest BCUT2D eigenvalue weighted by Gasteiger charge is 2.19. The molecule has 0 atom stereocenters. The number of hydrogen-bond donors (Lipinski definition) is 1. The lowest BCUT2D eigenvalue weighted by molar-refractivity contribution is 0.174. The first-order chi connectivity index (χ1) is 13.9. The number of nitrogens with zero attached hydrogens (tertiary/aromatic N) is 3. The van der Waals surface area contributed by atoms with Gasteiger partial charge >= 0.3 is 0 Å². The van der Waals surface area contributed by atoms with Gasteiger partial charge in [-0.05, 0) is 36.8 Å². The maximum Gasteiger partial charge on any atom is 0.231 e. The average molecular weight is 376 g/mol. The van der Waals surface area contributed by atoms with Gasteiger partial charge in [-0.2, -0.15) is 5.10 Å². The van der Waals surface area contributed by atoms with Crippen LogP contribution in [0.5, 0.6) is 11.5 Å². The zero-order valence-electron chi connectivity index (χ0n) is 15.8. The fraction of sp³-hybridized carbons (Fsp3) is 0.318. The van der Waals surface area contributed by atoms with Gasteiger partial charge in [-0.25, -0.2) is 0 Å². The lowest BCUT2D eigenvalue weighted by atomic mass is 10.1. The molecule has 0 unspecified atom stereocenters. The van der Waals surface area contributed by atoms with E-state index in [1.54, 1.807) is 0 Å². The van der Waals surface area contributed by atoms with E-state index in [2.05, 4.69) is 56.4 Å². The molecule has 0 radical (unpaired) electrons. The summed E-state index contributed by atoms with van der Waals surface area (Å²) in [5.41, 5.74) is 4.67. The van der Waals surface area contributed by atoms with Gasteiger partial charge < -0.3 is 14.4 Å². The van der Waals surface area contributed by atoms with Crippen LogP contribution in [0.25, 0.3) is 11.3 Å². The van der Waals surface area contributed by atoms with Gasteiger partial charge in [0.1, 0.15) is 0 Å². The Morgan fingerprint density at radius 2 is 1.82 bits per heavy atom. The smallest absolute Gasteiger partial charge is 0.231 e. The van der Waals surface area contributed by atoms with Crippen molar-refractivity contribution in [3.8, 4) is 22.8 Å². The number of nitrogens with one attached hydrogen (secondary N) is 1. The molecule has 6 heteroatoms. The third-order valence-corrected chi connectivity index (χ3v) is 5.48. The summed E-state index contributed by atoms with van der Waals surface area (Å²) in [5.74, 6) is 1.60. The average Bonchev–Trinajstić information content (AvgIpc) is 3.33. The summed E-state index contributed by atoms with van der Waals surface area (Å²) in [5, 5.41) is 7.48. The maximum absolute atomic E-state index is 5.52. The van der Waals surface area contributed by atoms with Crippen molar-refractivity contribution in [1.29, 1.82) is 0 Å². The molecule has 2 aliphatic rings. The molecule has 1 saturated heterocycles. The summed E-state index contributed by atoms with van der Waals surface area (Å²) in [6.07, 6.45) is 3.10. The molecule has 0 spiro atoms. The number of H-pyrrole nitrogens is 1. The predicted octanol–water partition coefficient (Wildman–Crippen LogP) is 3.52. The Morgan fingerprint density at radius 1 is 0.929 bits per heavy atom. The van der Waals surface area contributed by atoms with E-state index in [-0.39, 0.29) is 0 Å². The number of rotatable bonds is 4. The SMILES string of the molecule is c1ccc(N2CCCN(Cc3cn[nH]c3-c3ccc4c(c3)OCO4)CC2)cc1. The minimum atomic E-state index is 0.292. The fourth-order valence-electron chi connectivity index (χ4n) is 4.00. The van der Waals surface area contributed by atoms with Crippen LogP contribution in [0, 0.1) is 0 Å². The first-order valence-electron chi connectivity index (χ1n) is 9.81. The molecule has 2 aromatic carbocycles. The monoisotopic (exact) mass is 376 g/mol. The van der Waals surface area contributed by atoms with Gasteiger partial charge in [0, 0.05) is 49.5 Å². The molecule has 28 heavy (non-hydrogen) atoms. The minimum absolute atomic E-state index is 0.292. The normalized spacial score (nSPS) is 16.9. The zero-order valence-corrected chi connectivity index (χ0v) is 15.8. The second-order valence-electron chi connectivity index (χ2n) is 7.29. The molecule has 5 rings (SSSR count). The van der Waals surface area contributed by atoms with Crippen molar-refractivity contribution >= 4 is 5.69 Å². The van der Waals surface area contributed by atoms with Crippen molar-refractivity contribution in [1.82, 2.24) is 15.1 Å². The first kappa shape index (κ1) is 17.1.